The zero-order valence-electron chi connectivity index (χ0n) is 10.1. The van der Waals surface area contributed by atoms with Crippen LogP contribution >= 0.6 is 0 Å². The first-order chi connectivity index (χ1) is 7.98. The van der Waals surface area contributed by atoms with Crippen molar-refractivity contribution >= 4 is 11.6 Å². The lowest BCUT2D eigenvalue weighted by Crippen LogP contribution is -2.47. The van der Waals surface area contributed by atoms with Crippen molar-refractivity contribution in [2.45, 2.75) is 37.7 Å². The standard InChI is InChI=1S/C12H21N3O2/c13-10(11(14)16)7-12(17)3-5-15(6-4-12)8-9-1-2-9/h9,13,17H,1-8H2,(H2,14,16). The number of rotatable bonds is 5. The average Bonchev–Trinajstić information content (AvgIpc) is 3.05. The van der Waals surface area contributed by atoms with Gasteiger partial charge in [0.15, 0.2) is 0 Å². The number of likely N-dealkylation sites (tertiary alicyclic amines) is 1. The Balaban J connectivity index is 1.79. The molecule has 1 heterocycles. The van der Waals surface area contributed by atoms with Crippen LogP contribution in [-0.4, -0.2) is 46.9 Å². The lowest BCUT2D eigenvalue weighted by Gasteiger charge is -2.38. The third kappa shape index (κ3) is 3.51. The van der Waals surface area contributed by atoms with Gasteiger partial charge in [-0.3, -0.25) is 10.2 Å². The van der Waals surface area contributed by atoms with Crippen molar-refractivity contribution in [2.24, 2.45) is 11.7 Å². The first kappa shape index (κ1) is 12.5. The highest BCUT2D eigenvalue weighted by Crippen LogP contribution is 2.32. The summed E-state index contributed by atoms with van der Waals surface area (Å²) in [6, 6.07) is 0. The zero-order valence-corrected chi connectivity index (χ0v) is 10.1. The Morgan fingerprint density at radius 2 is 2.00 bits per heavy atom. The second-order valence-electron chi connectivity index (χ2n) is 5.49. The summed E-state index contributed by atoms with van der Waals surface area (Å²) in [5.74, 6) is 0.143. The Kier molecular flexibility index (Phi) is 3.49. The Hall–Kier alpha value is -0.940. The summed E-state index contributed by atoms with van der Waals surface area (Å²) >= 11 is 0. The highest BCUT2D eigenvalue weighted by atomic mass is 16.3. The molecule has 1 amide bonds. The van der Waals surface area contributed by atoms with Gasteiger partial charge in [-0.25, -0.2) is 0 Å². The Morgan fingerprint density at radius 3 is 2.47 bits per heavy atom. The number of hydrogen-bond acceptors (Lipinski definition) is 4. The van der Waals surface area contributed by atoms with Gasteiger partial charge in [0.1, 0.15) is 0 Å². The number of aliphatic hydroxyl groups is 1. The summed E-state index contributed by atoms with van der Waals surface area (Å²) in [4.78, 5) is 13.2. The SMILES string of the molecule is N=C(CC1(O)CCN(CC2CC2)CC1)C(N)=O. The highest BCUT2D eigenvalue weighted by molar-refractivity contribution is 6.37. The fourth-order valence-electron chi connectivity index (χ4n) is 2.41. The van der Waals surface area contributed by atoms with Crippen molar-refractivity contribution in [3.8, 4) is 0 Å². The summed E-state index contributed by atoms with van der Waals surface area (Å²) in [5.41, 5.74) is 3.97. The minimum atomic E-state index is -0.897. The molecule has 5 nitrogen and oxygen atoms in total. The molecule has 0 atom stereocenters. The Bertz CT molecular complexity index is 318. The molecule has 1 saturated heterocycles. The van der Waals surface area contributed by atoms with E-state index in [-0.39, 0.29) is 12.1 Å². The molecule has 1 aliphatic heterocycles. The van der Waals surface area contributed by atoms with Gasteiger partial charge in [0.2, 0.25) is 0 Å². The molecule has 0 aromatic rings. The van der Waals surface area contributed by atoms with Gasteiger partial charge in [-0.05, 0) is 31.6 Å². The van der Waals surface area contributed by atoms with E-state index in [1.807, 2.05) is 0 Å². The van der Waals surface area contributed by atoms with E-state index in [0.717, 1.165) is 25.6 Å². The number of piperidine rings is 1. The number of amides is 1. The van der Waals surface area contributed by atoms with Gasteiger partial charge in [-0.1, -0.05) is 0 Å². The van der Waals surface area contributed by atoms with Gasteiger partial charge in [0.25, 0.3) is 5.91 Å². The maximum Gasteiger partial charge on any atom is 0.262 e. The van der Waals surface area contributed by atoms with Crippen LogP contribution in [0.2, 0.25) is 0 Å². The monoisotopic (exact) mass is 239 g/mol. The molecular formula is C12H21N3O2. The van der Waals surface area contributed by atoms with E-state index in [1.54, 1.807) is 0 Å². The number of carbonyl (C=O) groups excluding carboxylic acids is 1. The van der Waals surface area contributed by atoms with Crippen LogP contribution in [0.25, 0.3) is 0 Å². The molecule has 5 heteroatoms. The van der Waals surface area contributed by atoms with Crippen LogP contribution in [0.15, 0.2) is 0 Å². The second-order valence-corrected chi connectivity index (χ2v) is 5.49. The molecule has 0 unspecified atom stereocenters. The van der Waals surface area contributed by atoms with E-state index in [0.29, 0.717) is 12.8 Å². The van der Waals surface area contributed by atoms with Crippen LogP contribution in [-0.2, 0) is 4.79 Å². The third-order valence-electron chi connectivity index (χ3n) is 3.80. The predicted molar refractivity (Wildman–Crippen MR) is 64.9 cm³/mol. The van der Waals surface area contributed by atoms with Crippen molar-refractivity contribution in [3.63, 3.8) is 0 Å². The predicted octanol–water partition coefficient (Wildman–Crippen LogP) is 0.118. The highest BCUT2D eigenvalue weighted by Gasteiger charge is 2.35. The molecule has 0 radical (unpaired) electrons. The van der Waals surface area contributed by atoms with Crippen molar-refractivity contribution in [1.82, 2.24) is 4.90 Å². The summed E-state index contributed by atoms with van der Waals surface area (Å²) < 4.78 is 0. The van der Waals surface area contributed by atoms with E-state index in [9.17, 15) is 9.90 Å². The topological polar surface area (TPSA) is 90.4 Å². The minimum absolute atomic E-state index is 0.0968. The molecule has 2 aliphatic rings. The molecule has 4 N–H and O–H groups in total. The van der Waals surface area contributed by atoms with Crippen LogP contribution < -0.4 is 5.73 Å². The summed E-state index contributed by atoms with van der Waals surface area (Å²) in [5, 5.41) is 17.7. The van der Waals surface area contributed by atoms with E-state index < -0.39 is 11.5 Å². The van der Waals surface area contributed by atoms with Gasteiger partial charge < -0.3 is 15.7 Å². The number of hydrogen-bond donors (Lipinski definition) is 3. The zero-order chi connectivity index (χ0) is 12.5. The lowest BCUT2D eigenvalue weighted by atomic mass is 9.86. The number of carbonyl (C=O) groups is 1. The molecule has 0 bridgehead atoms. The molecule has 2 fully saturated rings. The number of primary amides is 1. The van der Waals surface area contributed by atoms with Crippen molar-refractivity contribution in [3.05, 3.63) is 0 Å². The van der Waals surface area contributed by atoms with Crippen molar-refractivity contribution in [2.75, 3.05) is 19.6 Å². The largest absolute Gasteiger partial charge is 0.389 e. The lowest BCUT2D eigenvalue weighted by molar-refractivity contribution is -0.112. The van der Waals surface area contributed by atoms with Gasteiger partial charge in [-0.2, -0.15) is 0 Å². The molecular weight excluding hydrogens is 218 g/mol. The summed E-state index contributed by atoms with van der Waals surface area (Å²) in [6.07, 6.45) is 4.05. The summed E-state index contributed by atoms with van der Waals surface area (Å²) in [6.45, 7) is 2.86. The molecule has 0 aromatic heterocycles. The van der Waals surface area contributed by atoms with Gasteiger partial charge >= 0.3 is 0 Å². The molecule has 17 heavy (non-hydrogen) atoms. The average molecular weight is 239 g/mol. The number of nitrogens with two attached hydrogens (primary N) is 1. The first-order valence-electron chi connectivity index (χ1n) is 6.30. The van der Waals surface area contributed by atoms with Crippen LogP contribution in [0, 0.1) is 11.3 Å². The van der Waals surface area contributed by atoms with Crippen LogP contribution in [0.3, 0.4) is 0 Å². The number of nitrogens with one attached hydrogen (secondary N) is 1. The summed E-state index contributed by atoms with van der Waals surface area (Å²) in [7, 11) is 0. The Morgan fingerprint density at radius 1 is 1.41 bits per heavy atom. The molecule has 1 aliphatic carbocycles. The van der Waals surface area contributed by atoms with Crippen molar-refractivity contribution < 1.29 is 9.90 Å². The molecule has 0 aromatic carbocycles. The van der Waals surface area contributed by atoms with Crippen LogP contribution in [0.4, 0.5) is 0 Å². The fraction of sp³-hybridized carbons (Fsp3) is 0.833. The maximum atomic E-state index is 10.8. The van der Waals surface area contributed by atoms with Gasteiger partial charge in [0, 0.05) is 26.1 Å². The quantitative estimate of drug-likeness (QED) is 0.595. The third-order valence-corrected chi connectivity index (χ3v) is 3.80. The molecule has 1 saturated carbocycles. The van der Waals surface area contributed by atoms with E-state index in [1.165, 1.54) is 12.8 Å². The van der Waals surface area contributed by atoms with E-state index in [4.69, 9.17) is 11.1 Å². The van der Waals surface area contributed by atoms with Crippen molar-refractivity contribution in [1.29, 1.82) is 5.41 Å². The van der Waals surface area contributed by atoms with Crippen LogP contribution in [0.1, 0.15) is 32.1 Å². The Labute approximate surface area is 101 Å². The molecule has 0 spiro atoms. The normalized spacial score (nSPS) is 24.5. The maximum absolute atomic E-state index is 10.8. The molecule has 96 valence electrons. The van der Waals surface area contributed by atoms with Crippen LogP contribution in [0.5, 0.6) is 0 Å². The van der Waals surface area contributed by atoms with E-state index >= 15 is 0 Å². The number of nitrogens with zero attached hydrogens (tertiary/aromatic N) is 1. The van der Waals surface area contributed by atoms with E-state index in [2.05, 4.69) is 4.90 Å². The van der Waals surface area contributed by atoms with Gasteiger partial charge in [0.05, 0.1) is 11.3 Å². The first-order valence-corrected chi connectivity index (χ1v) is 6.30. The second kappa shape index (κ2) is 4.74. The fourth-order valence-corrected chi connectivity index (χ4v) is 2.41. The minimum Gasteiger partial charge on any atom is -0.389 e. The van der Waals surface area contributed by atoms with Gasteiger partial charge in [-0.15, -0.1) is 0 Å². The molecule has 2 rings (SSSR count). The smallest absolute Gasteiger partial charge is 0.262 e.